The second-order valence-electron chi connectivity index (χ2n) is 6.24. The Balaban J connectivity index is 1.51. The molecule has 1 atom stereocenters. The maximum absolute atomic E-state index is 12.5. The molecule has 1 aliphatic heterocycles. The molecule has 0 saturated carbocycles. The van der Waals surface area contributed by atoms with Gasteiger partial charge in [-0.15, -0.1) is 11.3 Å². The van der Waals surface area contributed by atoms with Gasteiger partial charge in [0.1, 0.15) is 5.75 Å². The first-order valence-electron chi connectivity index (χ1n) is 8.69. The first-order valence-corrected chi connectivity index (χ1v) is 10.4. The fraction of sp³-hybridized carbons (Fsp3) is 0.444. The number of thiazole rings is 1. The zero-order valence-corrected chi connectivity index (χ0v) is 16.9. The van der Waals surface area contributed by atoms with E-state index in [2.05, 4.69) is 35.9 Å². The lowest BCUT2D eigenvalue weighted by Gasteiger charge is -2.24. The number of amides is 1. The number of anilines is 1. The van der Waals surface area contributed by atoms with Gasteiger partial charge < -0.3 is 15.0 Å². The molecular weight excluding hydrogens is 440 g/mol. The van der Waals surface area contributed by atoms with E-state index in [1.807, 2.05) is 5.38 Å². The topological polar surface area (TPSA) is 54.5 Å². The molecule has 1 aromatic heterocycles. The monoisotopic (exact) mass is 459 g/mol. The van der Waals surface area contributed by atoms with E-state index in [1.165, 1.54) is 6.07 Å². The molecule has 2 aromatic rings. The van der Waals surface area contributed by atoms with Crippen molar-refractivity contribution in [1.82, 2.24) is 10.3 Å². The Morgan fingerprint density at radius 2 is 2.33 bits per heavy atom. The molecule has 1 saturated heterocycles. The van der Waals surface area contributed by atoms with Gasteiger partial charge in [-0.25, -0.2) is 4.98 Å². The zero-order valence-electron chi connectivity index (χ0n) is 14.5. The number of aryl methyl sites for hydroxylation is 1. The van der Waals surface area contributed by atoms with E-state index in [0.717, 1.165) is 29.0 Å². The van der Waals surface area contributed by atoms with E-state index >= 15 is 0 Å². The number of alkyl halides is 2. The number of nitrogens with zero attached hydrogens (tertiary/aromatic N) is 2. The van der Waals surface area contributed by atoms with Gasteiger partial charge >= 0.3 is 6.61 Å². The summed E-state index contributed by atoms with van der Waals surface area (Å²) in [5.74, 6) is -0.00398. The number of carbonyl (C=O) groups excluding carboxylic acids is 1. The van der Waals surface area contributed by atoms with Crippen LogP contribution in [0.25, 0.3) is 0 Å². The molecule has 1 aromatic carbocycles. The van der Waals surface area contributed by atoms with Crippen LogP contribution in [0.2, 0.25) is 0 Å². The summed E-state index contributed by atoms with van der Waals surface area (Å²) in [7, 11) is 0. The highest BCUT2D eigenvalue weighted by molar-refractivity contribution is 9.10. The van der Waals surface area contributed by atoms with E-state index in [4.69, 9.17) is 0 Å². The lowest BCUT2D eigenvalue weighted by Crippen LogP contribution is -2.40. The minimum absolute atomic E-state index is 0.103. The molecule has 27 heavy (non-hydrogen) atoms. The van der Waals surface area contributed by atoms with E-state index in [-0.39, 0.29) is 24.1 Å². The zero-order chi connectivity index (χ0) is 19.2. The van der Waals surface area contributed by atoms with Crippen LogP contribution < -0.4 is 15.0 Å². The molecule has 1 N–H and O–H groups in total. The van der Waals surface area contributed by atoms with Gasteiger partial charge in [-0.3, -0.25) is 4.79 Å². The van der Waals surface area contributed by atoms with Crippen LogP contribution in [0, 0.1) is 0 Å². The molecule has 0 aliphatic carbocycles. The summed E-state index contributed by atoms with van der Waals surface area (Å²) >= 11 is 4.91. The number of aromatic nitrogens is 1. The summed E-state index contributed by atoms with van der Waals surface area (Å²) in [5, 5.41) is 5.88. The minimum Gasteiger partial charge on any atom is -0.435 e. The van der Waals surface area contributed by atoms with Crippen LogP contribution >= 0.6 is 27.3 Å². The number of halogens is 3. The number of rotatable bonds is 8. The Bertz CT molecular complexity index is 761. The van der Waals surface area contributed by atoms with Gasteiger partial charge in [0, 0.05) is 41.6 Å². The molecule has 3 rings (SSSR count). The third-order valence-corrected chi connectivity index (χ3v) is 5.74. The molecular formula is C18H20BrF2N3O2S. The standard InChI is InChI=1S/C18H20BrF2N3O2S/c19-13-4-5-15(26-17(20)21)12(10-13)3-6-16(25)23-11-14-2-1-8-24(14)18-22-7-9-27-18/h4-5,7,9-10,14,17H,1-3,6,8,11H2,(H,23,25). The predicted molar refractivity (Wildman–Crippen MR) is 105 cm³/mol. The maximum Gasteiger partial charge on any atom is 0.387 e. The summed E-state index contributed by atoms with van der Waals surface area (Å²) < 4.78 is 30.3. The summed E-state index contributed by atoms with van der Waals surface area (Å²) in [5.41, 5.74) is 0.574. The van der Waals surface area contributed by atoms with Gasteiger partial charge in [0.15, 0.2) is 5.13 Å². The molecule has 1 fully saturated rings. The van der Waals surface area contributed by atoms with Crippen LogP contribution in [0.1, 0.15) is 24.8 Å². The maximum atomic E-state index is 12.5. The van der Waals surface area contributed by atoms with Crippen LogP contribution in [-0.4, -0.2) is 36.6 Å². The smallest absolute Gasteiger partial charge is 0.387 e. The van der Waals surface area contributed by atoms with Crippen molar-refractivity contribution in [2.24, 2.45) is 0 Å². The lowest BCUT2D eigenvalue weighted by atomic mass is 10.1. The van der Waals surface area contributed by atoms with Gasteiger partial charge in [0.05, 0.1) is 0 Å². The number of carbonyl (C=O) groups is 1. The average molecular weight is 460 g/mol. The SMILES string of the molecule is O=C(CCc1cc(Br)ccc1OC(F)F)NCC1CCCN1c1nccs1. The number of hydrogen-bond acceptors (Lipinski definition) is 5. The molecule has 0 bridgehead atoms. The Morgan fingerprint density at radius 3 is 3.07 bits per heavy atom. The van der Waals surface area contributed by atoms with Crippen molar-refractivity contribution in [3.8, 4) is 5.75 Å². The van der Waals surface area contributed by atoms with E-state index in [1.54, 1.807) is 29.7 Å². The highest BCUT2D eigenvalue weighted by Gasteiger charge is 2.26. The van der Waals surface area contributed by atoms with Gasteiger partial charge in [-0.2, -0.15) is 8.78 Å². The van der Waals surface area contributed by atoms with Crippen molar-refractivity contribution in [2.75, 3.05) is 18.0 Å². The first kappa shape index (κ1) is 20.0. The Hall–Kier alpha value is -1.74. The van der Waals surface area contributed by atoms with Crippen molar-refractivity contribution in [2.45, 2.75) is 38.3 Å². The summed E-state index contributed by atoms with van der Waals surface area (Å²) in [6.07, 6.45) is 4.41. The molecule has 5 nitrogen and oxygen atoms in total. The Labute approximate surface area is 168 Å². The Morgan fingerprint density at radius 1 is 1.48 bits per heavy atom. The molecule has 1 amide bonds. The number of benzene rings is 1. The summed E-state index contributed by atoms with van der Waals surface area (Å²) in [4.78, 5) is 18.8. The molecule has 1 aliphatic rings. The van der Waals surface area contributed by atoms with Gasteiger partial charge in [-0.1, -0.05) is 15.9 Å². The van der Waals surface area contributed by atoms with Crippen LogP contribution in [0.3, 0.4) is 0 Å². The number of nitrogens with one attached hydrogen (secondary N) is 1. The fourth-order valence-corrected chi connectivity index (χ4v) is 4.33. The molecule has 0 radical (unpaired) electrons. The number of ether oxygens (including phenoxy) is 1. The highest BCUT2D eigenvalue weighted by Crippen LogP contribution is 2.27. The van der Waals surface area contributed by atoms with E-state index < -0.39 is 6.61 Å². The van der Waals surface area contributed by atoms with E-state index in [0.29, 0.717) is 18.5 Å². The van der Waals surface area contributed by atoms with Gasteiger partial charge in [-0.05, 0) is 43.0 Å². The first-order chi connectivity index (χ1) is 13.0. The highest BCUT2D eigenvalue weighted by atomic mass is 79.9. The second kappa shape index (κ2) is 9.45. The quantitative estimate of drug-likeness (QED) is 0.641. The third-order valence-electron chi connectivity index (χ3n) is 4.44. The van der Waals surface area contributed by atoms with Crippen molar-refractivity contribution in [3.05, 3.63) is 39.8 Å². The van der Waals surface area contributed by atoms with Crippen molar-refractivity contribution >= 4 is 38.3 Å². The number of hydrogen-bond donors (Lipinski definition) is 1. The minimum atomic E-state index is -2.89. The van der Waals surface area contributed by atoms with E-state index in [9.17, 15) is 13.6 Å². The van der Waals surface area contributed by atoms with Crippen molar-refractivity contribution in [1.29, 1.82) is 0 Å². The average Bonchev–Trinajstić information content (AvgIpc) is 3.30. The van der Waals surface area contributed by atoms with Gasteiger partial charge in [0.25, 0.3) is 0 Å². The molecule has 2 heterocycles. The molecule has 9 heteroatoms. The van der Waals surface area contributed by atoms with Crippen molar-refractivity contribution in [3.63, 3.8) is 0 Å². The summed E-state index contributed by atoms with van der Waals surface area (Å²) in [6.45, 7) is -1.39. The lowest BCUT2D eigenvalue weighted by molar-refractivity contribution is -0.121. The fourth-order valence-electron chi connectivity index (χ4n) is 3.18. The summed E-state index contributed by atoms with van der Waals surface area (Å²) in [6, 6.07) is 5.05. The predicted octanol–water partition coefficient (Wildman–Crippen LogP) is 4.22. The second-order valence-corrected chi connectivity index (χ2v) is 8.03. The van der Waals surface area contributed by atoms with Crippen LogP contribution in [0.5, 0.6) is 5.75 Å². The third kappa shape index (κ3) is 5.62. The van der Waals surface area contributed by atoms with Crippen molar-refractivity contribution < 1.29 is 18.3 Å². The molecule has 146 valence electrons. The van der Waals surface area contributed by atoms with Gasteiger partial charge in [0.2, 0.25) is 5.91 Å². The van der Waals surface area contributed by atoms with Crippen LogP contribution in [0.15, 0.2) is 34.2 Å². The molecule has 0 spiro atoms. The normalized spacial score (nSPS) is 16.7. The van der Waals surface area contributed by atoms with Crippen LogP contribution in [0.4, 0.5) is 13.9 Å². The largest absolute Gasteiger partial charge is 0.435 e. The molecule has 1 unspecified atom stereocenters. The van der Waals surface area contributed by atoms with Crippen LogP contribution in [-0.2, 0) is 11.2 Å². The Kier molecular flexibility index (Phi) is 7.01.